The number of piperazine rings is 1. The summed E-state index contributed by atoms with van der Waals surface area (Å²) in [4.78, 5) is 29.4. The molecule has 2 amide bonds. The highest BCUT2D eigenvalue weighted by molar-refractivity contribution is 5.95. The predicted octanol–water partition coefficient (Wildman–Crippen LogP) is 1.71. The maximum atomic E-state index is 14.7. The van der Waals surface area contributed by atoms with Crippen LogP contribution in [0.15, 0.2) is 42.5 Å². The Morgan fingerprint density at radius 2 is 1.89 bits per heavy atom. The van der Waals surface area contributed by atoms with Crippen molar-refractivity contribution < 1.29 is 18.7 Å². The van der Waals surface area contributed by atoms with Crippen molar-refractivity contribution in [2.24, 2.45) is 5.92 Å². The molecule has 3 fully saturated rings. The number of piperidine rings is 1. The van der Waals surface area contributed by atoms with Gasteiger partial charge in [0, 0.05) is 44.0 Å². The number of halogens is 1. The lowest BCUT2D eigenvalue weighted by Gasteiger charge is -2.41. The Morgan fingerprint density at radius 1 is 1.11 bits per heavy atom. The predicted molar refractivity (Wildman–Crippen MR) is 131 cm³/mol. The molecule has 0 saturated carbocycles. The van der Waals surface area contributed by atoms with Gasteiger partial charge in [0.1, 0.15) is 11.6 Å². The smallest absolute Gasteiger partial charge is 0.256 e. The van der Waals surface area contributed by atoms with Gasteiger partial charge < -0.3 is 19.9 Å². The number of fused-ring (bicyclic) bond motifs is 1. The number of methoxy groups -OCH3 is 1. The summed E-state index contributed by atoms with van der Waals surface area (Å²) in [5.74, 6) is -0.0357. The molecular weight excluding hydrogens is 449 g/mol. The minimum Gasteiger partial charge on any atom is -0.497 e. The fourth-order valence-electron chi connectivity index (χ4n) is 5.40. The van der Waals surface area contributed by atoms with Gasteiger partial charge in [-0.05, 0) is 67.8 Å². The number of rotatable bonds is 5. The first kappa shape index (κ1) is 23.6. The van der Waals surface area contributed by atoms with Crippen LogP contribution in [-0.4, -0.2) is 68.6 Å². The van der Waals surface area contributed by atoms with Gasteiger partial charge >= 0.3 is 0 Å². The van der Waals surface area contributed by atoms with Crippen LogP contribution >= 0.6 is 0 Å². The van der Waals surface area contributed by atoms with Crippen LogP contribution in [-0.2, 0) is 11.2 Å². The summed E-state index contributed by atoms with van der Waals surface area (Å²) in [6, 6.07) is 12.6. The van der Waals surface area contributed by atoms with Crippen LogP contribution in [0.3, 0.4) is 0 Å². The lowest BCUT2D eigenvalue weighted by atomic mass is 9.82. The minimum absolute atomic E-state index is 0.0159. The van der Waals surface area contributed by atoms with Crippen LogP contribution in [0.5, 0.6) is 5.75 Å². The molecule has 5 rings (SSSR count). The lowest BCUT2D eigenvalue weighted by molar-refractivity contribution is -0.131. The van der Waals surface area contributed by atoms with Crippen LogP contribution in [0.1, 0.15) is 28.8 Å². The molecule has 3 heterocycles. The summed E-state index contributed by atoms with van der Waals surface area (Å²) >= 11 is 0. The van der Waals surface area contributed by atoms with Crippen molar-refractivity contribution in [1.82, 2.24) is 21.1 Å². The van der Waals surface area contributed by atoms with Crippen molar-refractivity contribution in [3.8, 4) is 5.75 Å². The second-order valence-corrected chi connectivity index (χ2v) is 9.46. The number of nitrogens with one attached hydrogen (secondary N) is 3. The molecule has 0 bridgehead atoms. The summed E-state index contributed by atoms with van der Waals surface area (Å²) in [6.07, 6.45) is 2.42. The Kier molecular flexibility index (Phi) is 6.88. The number of hydrazine groups is 1. The van der Waals surface area contributed by atoms with Gasteiger partial charge in [0.05, 0.1) is 18.6 Å². The van der Waals surface area contributed by atoms with Crippen LogP contribution in [0, 0.1) is 11.7 Å². The number of amides is 2. The van der Waals surface area contributed by atoms with E-state index >= 15 is 0 Å². The number of carbonyl (C=O) groups excluding carboxylic acids is 2. The first-order valence-electron chi connectivity index (χ1n) is 12.3. The molecule has 0 aliphatic carbocycles. The molecule has 3 aliphatic heterocycles. The third kappa shape index (κ3) is 4.97. The topological polar surface area (TPSA) is 85.9 Å². The van der Waals surface area contributed by atoms with E-state index < -0.39 is 5.82 Å². The molecule has 3 saturated heterocycles. The molecule has 3 atom stereocenters. The van der Waals surface area contributed by atoms with Crippen molar-refractivity contribution in [3.63, 3.8) is 0 Å². The van der Waals surface area contributed by atoms with E-state index in [1.54, 1.807) is 24.1 Å². The summed E-state index contributed by atoms with van der Waals surface area (Å²) in [6.45, 7) is 3.29. The fraction of sp³-hybridized carbons (Fsp3) is 0.462. The molecule has 3 N–H and O–H groups in total. The maximum absolute atomic E-state index is 14.7. The quantitative estimate of drug-likeness (QED) is 0.603. The Morgan fingerprint density at radius 3 is 2.63 bits per heavy atom. The van der Waals surface area contributed by atoms with Gasteiger partial charge in [-0.1, -0.05) is 6.07 Å². The van der Waals surface area contributed by atoms with Gasteiger partial charge in [-0.2, -0.15) is 0 Å². The normalized spacial score (nSPS) is 24.5. The van der Waals surface area contributed by atoms with Crippen molar-refractivity contribution >= 4 is 17.5 Å². The Bertz CT molecular complexity index is 1070. The molecule has 0 radical (unpaired) electrons. The van der Waals surface area contributed by atoms with Crippen LogP contribution in [0.4, 0.5) is 10.1 Å². The summed E-state index contributed by atoms with van der Waals surface area (Å²) in [5.41, 5.74) is 7.94. The Hall–Kier alpha value is -3.17. The van der Waals surface area contributed by atoms with Gasteiger partial charge in [-0.3, -0.25) is 15.0 Å². The van der Waals surface area contributed by atoms with Gasteiger partial charge in [-0.15, -0.1) is 0 Å². The SMILES string of the molecule is COc1ccc(N2CCN(C(=O)c3cc(CC4NNC(=O)C5CCCNC45)ccc3F)CC2)cc1. The van der Waals surface area contributed by atoms with Crippen molar-refractivity contribution in [1.29, 1.82) is 0 Å². The second-order valence-electron chi connectivity index (χ2n) is 9.46. The second kappa shape index (κ2) is 10.2. The molecule has 2 aromatic carbocycles. The van der Waals surface area contributed by atoms with E-state index in [2.05, 4.69) is 21.1 Å². The van der Waals surface area contributed by atoms with Gasteiger partial charge in [0.25, 0.3) is 5.91 Å². The largest absolute Gasteiger partial charge is 0.497 e. The number of anilines is 1. The van der Waals surface area contributed by atoms with Crippen LogP contribution < -0.4 is 25.8 Å². The highest BCUT2D eigenvalue weighted by atomic mass is 19.1. The van der Waals surface area contributed by atoms with E-state index in [1.807, 2.05) is 24.3 Å². The Labute approximate surface area is 204 Å². The van der Waals surface area contributed by atoms with E-state index in [0.29, 0.717) is 32.6 Å². The molecule has 35 heavy (non-hydrogen) atoms. The molecule has 8 nitrogen and oxygen atoms in total. The summed E-state index contributed by atoms with van der Waals surface area (Å²) in [5, 5.41) is 3.46. The van der Waals surface area contributed by atoms with E-state index in [-0.39, 0.29) is 35.4 Å². The molecule has 9 heteroatoms. The van der Waals surface area contributed by atoms with Gasteiger partial charge in [0.2, 0.25) is 5.91 Å². The average Bonchev–Trinajstić information content (AvgIpc) is 2.91. The third-order valence-corrected chi connectivity index (χ3v) is 7.38. The van der Waals surface area contributed by atoms with E-state index in [1.165, 1.54) is 6.07 Å². The number of ether oxygens (including phenoxy) is 1. The molecule has 0 aromatic heterocycles. The number of hydrogen-bond acceptors (Lipinski definition) is 6. The van der Waals surface area contributed by atoms with E-state index in [4.69, 9.17) is 4.74 Å². The van der Waals surface area contributed by atoms with Crippen molar-refractivity contribution in [2.75, 3.05) is 44.7 Å². The van der Waals surface area contributed by atoms with Gasteiger partial charge in [-0.25, -0.2) is 9.82 Å². The molecule has 0 spiro atoms. The van der Waals surface area contributed by atoms with Crippen molar-refractivity contribution in [3.05, 3.63) is 59.4 Å². The zero-order valence-corrected chi connectivity index (χ0v) is 19.9. The number of nitrogens with zero attached hydrogens (tertiary/aromatic N) is 2. The monoisotopic (exact) mass is 481 g/mol. The first-order chi connectivity index (χ1) is 17.0. The third-order valence-electron chi connectivity index (χ3n) is 7.38. The highest BCUT2D eigenvalue weighted by Crippen LogP contribution is 2.25. The molecule has 2 aromatic rings. The first-order valence-corrected chi connectivity index (χ1v) is 12.3. The fourth-order valence-corrected chi connectivity index (χ4v) is 5.40. The van der Waals surface area contributed by atoms with Gasteiger partial charge in [0.15, 0.2) is 0 Å². The standard InChI is InChI=1S/C26H32FN5O3/c1-35-19-7-5-18(6-8-19)31-11-13-32(14-12-31)26(34)21-15-17(4-9-22(21)27)16-23-24-20(3-2-10-28-24)25(33)30-29-23/h4-9,15,20,23-24,28-29H,2-3,10-14,16H2,1H3,(H,30,33). The molecule has 3 unspecified atom stereocenters. The van der Waals surface area contributed by atoms with E-state index in [0.717, 1.165) is 36.4 Å². The summed E-state index contributed by atoms with van der Waals surface area (Å²) < 4.78 is 20.0. The van der Waals surface area contributed by atoms with Crippen LogP contribution in [0.2, 0.25) is 0 Å². The minimum atomic E-state index is -0.505. The lowest BCUT2D eigenvalue weighted by Crippen LogP contribution is -2.67. The van der Waals surface area contributed by atoms with Crippen molar-refractivity contribution in [2.45, 2.75) is 31.3 Å². The maximum Gasteiger partial charge on any atom is 0.256 e. The molecule has 3 aliphatic rings. The molecule has 186 valence electrons. The molecular formula is C26H32FN5O3. The van der Waals surface area contributed by atoms with E-state index in [9.17, 15) is 14.0 Å². The Balaban J connectivity index is 1.24. The summed E-state index contributed by atoms with van der Waals surface area (Å²) in [7, 11) is 1.64. The number of hydrogen-bond donors (Lipinski definition) is 3. The zero-order valence-electron chi connectivity index (χ0n) is 19.9. The van der Waals surface area contributed by atoms with Crippen LogP contribution in [0.25, 0.3) is 0 Å². The highest BCUT2D eigenvalue weighted by Gasteiger charge is 2.40. The zero-order chi connectivity index (χ0) is 24.4. The number of benzene rings is 2. The average molecular weight is 482 g/mol. The number of carbonyl (C=O) groups is 2.